The van der Waals surface area contributed by atoms with Crippen molar-refractivity contribution in [2.45, 2.75) is 45.2 Å². The first-order valence-electron chi connectivity index (χ1n) is 7.13. The van der Waals surface area contributed by atoms with E-state index in [2.05, 4.69) is 24.4 Å². The highest BCUT2D eigenvalue weighted by molar-refractivity contribution is 5.29. The first-order valence-corrected chi connectivity index (χ1v) is 7.13. The van der Waals surface area contributed by atoms with Gasteiger partial charge in [0.15, 0.2) is 0 Å². The Bertz CT molecular complexity index is 380. The highest BCUT2D eigenvalue weighted by Gasteiger charge is 2.36. The molecule has 18 heavy (non-hydrogen) atoms. The molecule has 0 spiro atoms. The molecule has 2 rings (SSSR count). The molecule has 2 unspecified atom stereocenters. The molecule has 1 nitrogen and oxygen atoms in total. The molecule has 1 aliphatic heterocycles. The molecule has 1 N–H and O–H groups in total. The first-order chi connectivity index (χ1) is 8.64. The Kier molecular flexibility index (Phi) is 4.39. The Morgan fingerprint density at radius 2 is 2.28 bits per heavy atom. The number of halogens is 1. The molecule has 0 saturated carbocycles. The summed E-state index contributed by atoms with van der Waals surface area (Å²) < 4.78 is 15.1. The van der Waals surface area contributed by atoms with Crippen LogP contribution >= 0.6 is 0 Å². The molecule has 0 bridgehead atoms. The van der Waals surface area contributed by atoms with Crippen LogP contribution in [0.4, 0.5) is 4.39 Å². The second-order valence-corrected chi connectivity index (χ2v) is 5.57. The Labute approximate surface area is 110 Å². The number of piperidine rings is 1. The van der Waals surface area contributed by atoms with Crippen LogP contribution in [0.2, 0.25) is 0 Å². The van der Waals surface area contributed by atoms with Crippen LogP contribution in [0.1, 0.15) is 44.2 Å². The number of hydrogen-bond donors (Lipinski definition) is 1. The zero-order valence-electron chi connectivity index (χ0n) is 11.5. The van der Waals surface area contributed by atoms with Gasteiger partial charge in [-0.3, -0.25) is 0 Å². The quantitative estimate of drug-likeness (QED) is 0.855. The van der Waals surface area contributed by atoms with Crippen molar-refractivity contribution in [2.24, 2.45) is 5.92 Å². The van der Waals surface area contributed by atoms with E-state index in [1.165, 1.54) is 5.56 Å². The molecule has 0 aliphatic carbocycles. The van der Waals surface area contributed by atoms with Gasteiger partial charge in [0.2, 0.25) is 0 Å². The van der Waals surface area contributed by atoms with E-state index in [1.807, 2.05) is 12.1 Å². The fraction of sp³-hybridized carbons (Fsp3) is 0.625. The molecular weight excluding hydrogens is 225 g/mol. The van der Waals surface area contributed by atoms with E-state index in [9.17, 15) is 0 Å². The lowest BCUT2D eigenvalue weighted by atomic mass is 9.79. The van der Waals surface area contributed by atoms with Gasteiger partial charge in [-0.15, -0.1) is 0 Å². The monoisotopic (exact) mass is 249 g/mol. The van der Waals surface area contributed by atoms with Gasteiger partial charge in [-0.05, 0) is 43.9 Å². The van der Waals surface area contributed by atoms with Crippen molar-refractivity contribution in [3.8, 4) is 0 Å². The first kappa shape index (κ1) is 13.5. The maximum atomic E-state index is 15.1. The van der Waals surface area contributed by atoms with Crippen molar-refractivity contribution < 1.29 is 4.39 Å². The van der Waals surface area contributed by atoms with Gasteiger partial charge >= 0.3 is 0 Å². The standard InChI is InChI=1S/C16H24FN/c1-3-6-13-7-4-8-14(11-13)16(2,17)15-9-5-10-18-12-15/h4,7-8,11,15,18H,3,5-6,9-10,12H2,1-2H3. The van der Waals surface area contributed by atoms with Gasteiger partial charge in [-0.1, -0.05) is 37.6 Å². The average Bonchev–Trinajstić information content (AvgIpc) is 2.40. The molecular formula is C16H24FN. The topological polar surface area (TPSA) is 12.0 Å². The fourth-order valence-electron chi connectivity index (χ4n) is 2.87. The van der Waals surface area contributed by atoms with Gasteiger partial charge in [0.05, 0.1) is 0 Å². The molecule has 1 aromatic carbocycles. The van der Waals surface area contributed by atoms with E-state index < -0.39 is 5.67 Å². The van der Waals surface area contributed by atoms with Crippen LogP contribution in [0.5, 0.6) is 0 Å². The van der Waals surface area contributed by atoms with Crippen LogP contribution in [0.25, 0.3) is 0 Å². The highest BCUT2D eigenvalue weighted by atomic mass is 19.1. The summed E-state index contributed by atoms with van der Waals surface area (Å²) >= 11 is 0. The number of alkyl halides is 1. The summed E-state index contributed by atoms with van der Waals surface area (Å²) in [7, 11) is 0. The van der Waals surface area contributed by atoms with Gasteiger partial charge in [0.1, 0.15) is 5.67 Å². The van der Waals surface area contributed by atoms with Crippen LogP contribution in [0.3, 0.4) is 0 Å². The predicted molar refractivity (Wildman–Crippen MR) is 74.5 cm³/mol. The van der Waals surface area contributed by atoms with Gasteiger partial charge in [-0.25, -0.2) is 4.39 Å². The summed E-state index contributed by atoms with van der Waals surface area (Å²) in [5.74, 6) is 0.100. The summed E-state index contributed by atoms with van der Waals surface area (Å²) in [5.41, 5.74) is 0.891. The SMILES string of the molecule is CCCc1cccc(C(C)(F)C2CCCNC2)c1. The molecule has 1 aliphatic rings. The van der Waals surface area contributed by atoms with E-state index >= 15 is 4.39 Å². The van der Waals surface area contributed by atoms with Gasteiger partial charge < -0.3 is 5.32 Å². The van der Waals surface area contributed by atoms with Crippen LogP contribution in [-0.4, -0.2) is 13.1 Å². The number of benzene rings is 1. The lowest BCUT2D eigenvalue weighted by molar-refractivity contribution is 0.0811. The third-order valence-corrected chi connectivity index (χ3v) is 4.09. The molecule has 2 heteroatoms. The van der Waals surface area contributed by atoms with E-state index in [0.29, 0.717) is 0 Å². The Balaban J connectivity index is 2.19. The van der Waals surface area contributed by atoms with Crippen molar-refractivity contribution in [1.29, 1.82) is 0 Å². The minimum Gasteiger partial charge on any atom is -0.316 e. The average molecular weight is 249 g/mol. The van der Waals surface area contributed by atoms with Crippen molar-refractivity contribution in [2.75, 3.05) is 13.1 Å². The van der Waals surface area contributed by atoms with Crippen LogP contribution in [0.15, 0.2) is 24.3 Å². The van der Waals surface area contributed by atoms with Crippen LogP contribution in [-0.2, 0) is 12.1 Å². The van der Waals surface area contributed by atoms with Crippen molar-refractivity contribution in [3.05, 3.63) is 35.4 Å². The molecule has 100 valence electrons. The molecule has 0 amide bonds. The number of aryl methyl sites for hydroxylation is 1. The van der Waals surface area contributed by atoms with Crippen molar-refractivity contribution in [1.82, 2.24) is 5.32 Å². The van der Waals surface area contributed by atoms with Crippen molar-refractivity contribution in [3.63, 3.8) is 0 Å². The zero-order valence-corrected chi connectivity index (χ0v) is 11.5. The van der Waals surface area contributed by atoms with Gasteiger partial charge in [-0.2, -0.15) is 0 Å². The molecule has 0 radical (unpaired) electrons. The highest BCUT2D eigenvalue weighted by Crippen LogP contribution is 2.37. The third-order valence-electron chi connectivity index (χ3n) is 4.09. The summed E-state index contributed by atoms with van der Waals surface area (Å²) in [5, 5.41) is 3.31. The van der Waals surface area contributed by atoms with E-state index in [-0.39, 0.29) is 5.92 Å². The second kappa shape index (κ2) is 5.83. The van der Waals surface area contributed by atoms with E-state index in [4.69, 9.17) is 0 Å². The van der Waals surface area contributed by atoms with E-state index in [1.54, 1.807) is 6.92 Å². The maximum Gasteiger partial charge on any atom is 0.137 e. The maximum absolute atomic E-state index is 15.1. The molecule has 1 aromatic rings. The summed E-state index contributed by atoms with van der Waals surface area (Å²) in [6.07, 6.45) is 4.21. The predicted octanol–water partition coefficient (Wildman–Crippen LogP) is 3.82. The minimum absolute atomic E-state index is 0.100. The second-order valence-electron chi connectivity index (χ2n) is 5.57. The number of rotatable bonds is 4. The summed E-state index contributed by atoms with van der Waals surface area (Å²) in [4.78, 5) is 0. The number of hydrogen-bond acceptors (Lipinski definition) is 1. The van der Waals surface area contributed by atoms with Crippen LogP contribution < -0.4 is 5.32 Å². The van der Waals surface area contributed by atoms with Crippen LogP contribution in [0, 0.1) is 5.92 Å². The van der Waals surface area contributed by atoms with Crippen molar-refractivity contribution >= 4 is 0 Å². The summed E-state index contributed by atoms with van der Waals surface area (Å²) in [6, 6.07) is 8.09. The third kappa shape index (κ3) is 2.92. The lowest BCUT2D eigenvalue weighted by Gasteiger charge is -2.34. The molecule has 1 fully saturated rings. The Morgan fingerprint density at radius 3 is 2.94 bits per heavy atom. The summed E-state index contributed by atoms with van der Waals surface area (Å²) in [6.45, 7) is 5.73. The Hall–Kier alpha value is -0.890. The molecule has 0 aromatic heterocycles. The number of nitrogens with one attached hydrogen (secondary N) is 1. The Morgan fingerprint density at radius 1 is 1.44 bits per heavy atom. The smallest absolute Gasteiger partial charge is 0.137 e. The molecule has 1 heterocycles. The molecule has 2 atom stereocenters. The van der Waals surface area contributed by atoms with Gasteiger partial charge in [0.25, 0.3) is 0 Å². The van der Waals surface area contributed by atoms with Gasteiger partial charge in [0, 0.05) is 12.5 Å². The zero-order chi connectivity index (χ0) is 13.0. The largest absolute Gasteiger partial charge is 0.316 e. The van der Waals surface area contributed by atoms with E-state index in [0.717, 1.165) is 44.3 Å². The molecule has 1 saturated heterocycles. The normalized spacial score (nSPS) is 23.6. The lowest BCUT2D eigenvalue weighted by Crippen LogP contribution is -2.40. The fourth-order valence-corrected chi connectivity index (χ4v) is 2.87. The minimum atomic E-state index is -1.21.